The maximum Gasteiger partial charge on any atom is 0.320 e. The molecular formula is C20H28O6. The van der Waals surface area contributed by atoms with Crippen molar-refractivity contribution in [2.75, 3.05) is 0 Å². The Morgan fingerprint density at radius 2 is 1.88 bits per heavy atom. The summed E-state index contributed by atoms with van der Waals surface area (Å²) in [6.07, 6.45) is 3.70. The monoisotopic (exact) mass is 364 g/mol. The van der Waals surface area contributed by atoms with Crippen LogP contribution in [0.1, 0.15) is 65.7 Å². The summed E-state index contributed by atoms with van der Waals surface area (Å²) in [5.41, 5.74) is -1.83. The van der Waals surface area contributed by atoms with E-state index in [1.807, 2.05) is 0 Å². The van der Waals surface area contributed by atoms with Crippen molar-refractivity contribution >= 4 is 11.8 Å². The van der Waals surface area contributed by atoms with Crippen molar-refractivity contribution in [3.63, 3.8) is 0 Å². The molecule has 0 aromatic heterocycles. The third-order valence-electron chi connectivity index (χ3n) is 8.53. The van der Waals surface area contributed by atoms with Gasteiger partial charge in [0.15, 0.2) is 12.1 Å². The third-order valence-corrected chi connectivity index (χ3v) is 8.53. The lowest BCUT2D eigenvalue weighted by molar-refractivity contribution is -0.318. The number of aliphatic hydroxyl groups excluding tert-OH is 1. The Morgan fingerprint density at radius 1 is 1.12 bits per heavy atom. The van der Waals surface area contributed by atoms with Gasteiger partial charge < -0.3 is 19.3 Å². The van der Waals surface area contributed by atoms with Gasteiger partial charge in [-0.05, 0) is 32.1 Å². The van der Waals surface area contributed by atoms with Gasteiger partial charge >= 0.3 is 5.97 Å². The van der Waals surface area contributed by atoms with Crippen molar-refractivity contribution in [3.05, 3.63) is 0 Å². The van der Waals surface area contributed by atoms with Gasteiger partial charge in [0.2, 0.25) is 0 Å². The Morgan fingerprint density at radius 3 is 2.58 bits per heavy atom. The quantitative estimate of drug-likeness (QED) is 0.525. The van der Waals surface area contributed by atoms with Crippen molar-refractivity contribution in [2.45, 2.75) is 89.5 Å². The van der Waals surface area contributed by atoms with E-state index in [-0.39, 0.29) is 35.1 Å². The highest BCUT2D eigenvalue weighted by Crippen LogP contribution is 2.70. The Hall–Kier alpha value is -0.980. The van der Waals surface area contributed by atoms with E-state index in [0.29, 0.717) is 32.1 Å². The molecule has 0 bridgehead atoms. The number of carbonyl (C=O) groups is 2. The zero-order valence-corrected chi connectivity index (χ0v) is 15.7. The van der Waals surface area contributed by atoms with Crippen LogP contribution in [0.5, 0.6) is 0 Å². The maximum atomic E-state index is 12.8. The molecule has 2 spiro atoms. The first-order valence-electron chi connectivity index (χ1n) is 9.97. The molecule has 5 fully saturated rings. The molecule has 2 aliphatic carbocycles. The second-order valence-electron chi connectivity index (χ2n) is 9.61. The molecule has 1 N–H and O–H groups in total. The van der Waals surface area contributed by atoms with Crippen molar-refractivity contribution < 1.29 is 28.9 Å². The molecule has 8 atom stereocenters. The molecule has 6 nitrogen and oxygen atoms in total. The number of rotatable bonds is 0. The van der Waals surface area contributed by atoms with Gasteiger partial charge in [-0.25, -0.2) is 0 Å². The van der Waals surface area contributed by atoms with Crippen LogP contribution in [0.15, 0.2) is 0 Å². The molecule has 26 heavy (non-hydrogen) atoms. The van der Waals surface area contributed by atoms with E-state index >= 15 is 0 Å². The van der Waals surface area contributed by atoms with E-state index in [9.17, 15) is 14.7 Å². The molecule has 0 radical (unpaired) electrons. The molecule has 3 heterocycles. The number of fused-ring (bicyclic) bond motifs is 1. The zero-order chi connectivity index (χ0) is 18.5. The summed E-state index contributed by atoms with van der Waals surface area (Å²) in [6.45, 7) is 6.15. The van der Waals surface area contributed by atoms with E-state index in [0.717, 1.165) is 12.8 Å². The average Bonchev–Trinajstić information content (AvgIpc) is 3.21. The van der Waals surface area contributed by atoms with E-state index in [2.05, 4.69) is 13.8 Å². The van der Waals surface area contributed by atoms with Crippen molar-refractivity contribution in [1.29, 1.82) is 0 Å². The molecule has 5 aliphatic rings. The van der Waals surface area contributed by atoms with Crippen LogP contribution in [-0.2, 0) is 23.8 Å². The molecular weight excluding hydrogens is 336 g/mol. The summed E-state index contributed by atoms with van der Waals surface area (Å²) in [5.74, 6) is -1.02. The molecule has 0 amide bonds. The first kappa shape index (κ1) is 17.1. The number of ketones is 1. The maximum absolute atomic E-state index is 12.8. The van der Waals surface area contributed by atoms with Crippen LogP contribution in [0.3, 0.4) is 0 Å². The summed E-state index contributed by atoms with van der Waals surface area (Å²) < 4.78 is 18.3. The molecule has 0 aromatic rings. The van der Waals surface area contributed by atoms with E-state index in [4.69, 9.17) is 14.2 Å². The highest BCUT2D eigenvalue weighted by atomic mass is 16.8. The van der Waals surface area contributed by atoms with Gasteiger partial charge in [-0.15, -0.1) is 0 Å². The van der Waals surface area contributed by atoms with Gasteiger partial charge in [-0.3, -0.25) is 9.59 Å². The van der Waals surface area contributed by atoms with Crippen LogP contribution < -0.4 is 0 Å². The largest absolute Gasteiger partial charge is 0.461 e. The Kier molecular flexibility index (Phi) is 3.22. The van der Waals surface area contributed by atoms with Crippen molar-refractivity contribution in [1.82, 2.24) is 0 Å². The number of ether oxygens (including phenoxy) is 3. The fourth-order valence-electron chi connectivity index (χ4n) is 7.24. The van der Waals surface area contributed by atoms with E-state index < -0.39 is 23.1 Å². The molecule has 5 rings (SSSR count). The molecule has 0 unspecified atom stereocenters. The topological polar surface area (TPSA) is 82.1 Å². The number of esters is 1. The summed E-state index contributed by atoms with van der Waals surface area (Å²) in [6, 6.07) is 0. The third kappa shape index (κ3) is 1.74. The number of Topliss-reactive ketones (excluding diaryl/α,β-unsaturated/α-hetero) is 1. The van der Waals surface area contributed by atoms with Gasteiger partial charge in [0, 0.05) is 37.0 Å². The summed E-state index contributed by atoms with van der Waals surface area (Å²) in [7, 11) is 0. The van der Waals surface area contributed by atoms with E-state index in [1.165, 1.54) is 0 Å². The van der Waals surface area contributed by atoms with Gasteiger partial charge in [-0.1, -0.05) is 13.8 Å². The molecule has 0 aromatic carbocycles. The lowest BCUT2D eigenvalue weighted by atomic mass is 9.44. The second-order valence-corrected chi connectivity index (χ2v) is 9.61. The molecule has 3 saturated heterocycles. The normalized spacial score (nSPS) is 58.5. The molecule has 144 valence electrons. The molecule has 2 saturated carbocycles. The minimum absolute atomic E-state index is 0.0115. The zero-order valence-electron chi connectivity index (χ0n) is 15.7. The standard InChI is InChI=1S/C20H28O6/c1-11-10-12-15-17(2,6-4-13(21)18(15,3)16(23)24-12)20(11)9-8-19(26-20)7-5-14(22)25-19/h11-12,14-15,22H,4-10H2,1-3H3/t11-,12-,14-,15-,17+,18+,19+,20-/m1/s1. The van der Waals surface area contributed by atoms with Crippen LogP contribution in [0.4, 0.5) is 0 Å². The first-order chi connectivity index (χ1) is 12.2. The summed E-state index contributed by atoms with van der Waals surface area (Å²) in [5, 5.41) is 9.90. The number of aliphatic hydroxyl groups is 1. The van der Waals surface area contributed by atoms with E-state index in [1.54, 1.807) is 6.92 Å². The SMILES string of the molecule is C[C@@H]1C[C@H]2OC(=O)[C@@]3(C)C(=O)CC[C@@](C)([C@@H]23)[C@@]12CC[C@]1(CC[C@H](O)O1)O2. The fourth-order valence-corrected chi connectivity index (χ4v) is 7.24. The Bertz CT molecular complexity index is 692. The highest BCUT2D eigenvalue weighted by molar-refractivity contribution is 6.06. The van der Waals surface area contributed by atoms with Crippen molar-refractivity contribution in [2.24, 2.45) is 22.7 Å². The van der Waals surface area contributed by atoms with Gasteiger partial charge in [0.25, 0.3) is 0 Å². The Labute approximate surface area is 153 Å². The van der Waals surface area contributed by atoms with Crippen LogP contribution in [0, 0.1) is 22.7 Å². The predicted molar refractivity (Wildman–Crippen MR) is 89.7 cm³/mol. The first-order valence-corrected chi connectivity index (χ1v) is 9.97. The van der Waals surface area contributed by atoms with Crippen LogP contribution in [0.2, 0.25) is 0 Å². The molecule has 3 aliphatic heterocycles. The number of hydrogen-bond donors (Lipinski definition) is 1. The fraction of sp³-hybridized carbons (Fsp3) is 0.900. The molecule has 6 heteroatoms. The van der Waals surface area contributed by atoms with Gasteiger partial charge in [-0.2, -0.15) is 0 Å². The van der Waals surface area contributed by atoms with Crippen LogP contribution in [0.25, 0.3) is 0 Å². The van der Waals surface area contributed by atoms with Crippen LogP contribution in [-0.4, -0.2) is 40.6 Å². The number of carbonyl (C=O) groups excluding carboxylic acids is 2. The Balaban J connectivity index is 1.60. The smallest absolute Gasteiger partial charge is 0.320 e. The lowest BCUT2D eigenvalue weighted by Crippen LogP contribution is -2.67. The summed E-state index contributed by atoms with van der Waals surface area (Å²) >= 11 is 0. The van der Waals surface area contributed by atoms with Gasteiger partial charge in [0.05, 0.1) is 5.60 Å². The predicted octanol–water partition coefficient (Wildman–Crippen LogP) is 2.32. The summed E-state index contributed by atoms with van der Waals surface area (Å²) in [4.78, 5) is 25.4. The van der Waals surface area contributed by atoms with Gasteiger partial charge in [0.1, 0.15) is 17.3 Å². The lowest BCUT2D eigenvalue weighted by Gasteiger charge is -2.61. The minimum Gasteiger partial charge on any atom is -0.461 e. The van der Waals surface area contributed by atoms with Crippen molar-refractivity contribution in [3.8, 4) is 0 Å². The highest BCUT2D eigenvalue weighted by Gasteiger charge is 2.76. The number of hydrogen-bond acceptors (Lipinski definition) is 6. The van der Waals surface area contributed by atoms with Crippen LogP contribution >= 0.6 is 0 Å². The minimum atomic E-state index is -1.06. The average molecular weight is 364 g/mol. The second kappa shape index (κ2) is 4.89.